The van der Waals surface area contributed by atoms with Crippen molar-refractivity contribution in [2.45, 2.75) is 63.6 Å². The quantitative estimate of drug-likeness (QED) is 0.709. The molecular formula is C21H25F2N5O3S. The number of hydrogen-bond donors (Lipinski definition) is 2. The second-order valence-corrected chi connectivity index (χ2v) is 11.2. The van der Waals surface area contributed by atoms with Crippen molar-refractivity contribution in [1.82, 2.24) is 9.78 Å². The summed E-state index contributed by atoms with van der Waals surface area (Å²) in [6.45, 7) is 4.95. The molecule has 2 aliphatic carbocycles. The average molecular weight is 466 g/mol. The summed E-state index contributed by atoms with van der Waals surface area (Å²) in [5.74, 6) is -0.131. The molecule has 3 aliphatic rings. The van der Waals surface area contributed by atoms with Gasteiger partial charge in [-0.1, -0.05) is 13.8 Å². The summed E-state index contributed by atoms with van der Waals surface area (Å²) in [6.07, 6.45) is 1.97. The van der Waals surface area contributed by atoms with Gasteiger partial charge in [-0.05, 0) is 41.5 Å². The number of ether oxygens (including phenoxy) is 1. The van der Waals surface area contributed by atoms with E-state index in [1.54, 1.807) is 4.68 Å². The van der Waals surface area contributed by atoms with Crippen molar-refractivity contribution in [3.05, 3.63) is 34.3 Å². The van der Waals surface area contributed by atoms with Gasteiger partial charge in [0, 0.05) is 23.9 Å². The maximum Gasteiger partial charge on any atom is 0.354 e. The van der Waals surface area contributed by atoms with Crippen LogP contribution in [-0.2, 0) is 42.1 Å². The zero-order valence-electron chi connectivity index (χ0n) is 17.9. The number of rotatable bonds is 2. The molecule has 8 nitrogen and oxygen atoms in total. The van der Waals surface area contributed by atoms with Crippen LogP contribution in [0.15, 0.2) is 15.5 Å². The Labute approximate surface area is 184 Å². The maximum atomic E-state index is 14.8. The predicted octanol–water partition coefficient (Wildman–Crippen LogP) is 3.30. The third kappa shape index (κ3) is 3.47. The summed E-state index contributed by atoms with van der Waals surface area (Å²) in [5.41, 5.74) is 2.17. The van der Waals surface area contributed by atoms with Gasteiger partial charge in [0.2, 0.25) is 5.88 Å². The van der Waals surface area contributed by atoms with E-state index in [1.807, 2.05) is 13.8 Å². The van der Waals surface area contributed by atoms with Gasteiger partial charge in [0.05, 0.1) is 19.3 Å². The highest BCUT2D eigenvalue weighted by Crippen LogP contribution is 2.42. The van der Waals surface area contributed by atoms with Crippen molar-refractivity contribution in [2.24, 2.45) is 14.9 Å². The normalized spacial score (nSPS) is 22.3. The number of amides is 2. The first-order valence-electron chi connectivity index (χ1n) is 10.6. The molecule has 2 amide bonds. The van der Waals surface area contributed by atoms with Crippen molar-refractivity contribution in [3.63, 3.8) is 0 Å². The molecule has 0 radical (unpaired) electrons. The number of fused-ring (bicyclic) bond motifs is 3. The summed E-state index contributed by atoms with van der Waals surface area (Å²) < 4.78 is 53.1. The van der Waals surface area contributed by atoms with Crippen LogP contribution in [0, 0.1) is 11.2 Å². The number of carbonyl (C=O) groups excluding carboxylic acids is 1. The molecule has 0 bridgehead atoms. The highest BCUT2D eigenvalue weighted by Gasteiger charge is 2.35. The van der Waals surface area contributed by atoms with Crippen molar-refractivity contribution in [1.29, 1.82) is 0 Å². The monoisotopic (exact) mass is 465 g/mol. The highest BCUT2D eigenvalue weighted by molar-refractivity contribution is 7.91. The third-order valence-corrected chi connectivity index (χ3v) is 7.62. The lowest BCUT2D eigenvalue weighted by Gasteiger charge is -2.30. The number of carbonyl (C=O) groups is 1. The third-order valence-electron chi connectivity index (χ3n) is 6.27. The number of halogens is 2. The molecule has 2 heterocycles. The van der Waals surface area contributed by atoms with Crippen molar-refractivity contribution >= 4 is 21.6 Å². The van der Waals surface area contributed by atoms with E-state index >= 15 is 0 Å². The molecule has 172 valence electrons. The molecule has 1 aromatic heterocycles. The van der Waals surface area contributed by atoms with Crippen LogP contribution in [0.1, 0.15) is 42.5 Å². The van der Waals surface area contributed by atoms with E-state index in [2.05, 4.69) is 14.8 Å². The predicted molar refractivity (Wildman–Crippen MR) is 114 cm³/mol. The van der Waals surface area contributed by atoms with Crippen molar-refractivity contribution in [2.75, 3.05) is 11.9 Å². The lowest BCUT2D eigenvalue weighted by molar-refractivity contribution is 0.0972. The fraction of sp³-hybridized carbons (Fsp3) is 0.524. The molecule has 32 heavy (non-hydrogen) atoms. The lowest BCUT2D eigenvalue weighted by atomic mass is 9.94. The number of anilines is 1. The molecule has 0 saturated heterocycles. The van der Waals surface area contributed by atoms with E-state index in [0.717, 1.165) is 6.42 Å². The molecule has 3 N–H and O–H groups in total. The Morgan fingerprint density at radius 2 is 2.03 bits per heavy atom. The Morgan fingerprint density at radius 3 is 2.81 bits per heavy atom. The summed E-state index contributed by atoms with van der Waals surface area (Å²) in [5, 5.41) is 12.8. The van der Waals surface area contributed by atoms with E-state index in [-0.39, 0.29) is 34.8 Å². The van der Waals surface area contributed by atoms with Crippen LogP contribution in [0.5, 0.6) is 5.88 Å². The minimum absolute atomic E-state index is 0.0156. The number of aromatic nitrogens is 2. The molecule has 2 aromatic rings. The zero-order chi connectivity index (χ0) is 22.8. The second kappa shape index (κ2) is 7.24. The molecule has 0 fully saturated rings. The Morgan fingerprint density at radius 1 is 1.31 bits per heavy atom. The first-order chi connectivity index (χ1) is 15.1. The molecule has 0 spiro atoms. The number of alkyl halides is 1. The van der Waals surface area contributed by atoms with Gasteiger partial charge in [-0.3, -0.25) is 0 Å². The summed E-state index contributed by atoms with van der Waals surface area (Å²) in [4.78, 5) is 12.8. The van der Waals surface area contributed by atoms with Crippen LogP contribution in [-0.4, -0.2) is 32.8 Å². The minimum atomic E-state index is -3.66. The Kier molecular flexibility index (Phi) is 4.82. The molecule has 0 saturated carbocycles. The number of nitrogens with two attached hydrogens (primary N) is 1. The van der Waals surface area contributed by atoms with Gasteiger partial charge < -0.3 is 10.1 Å². The largest absolute Gasteiger partial charge is 0.476 e. The van der Waals surface area contributed by atoms with Gasteiger partial charge >= 0.3 is 6.03 Å². The number of urea groups is 1. The number of hydrogen-bond acceptors (Lipinski definition) is 4. The van der Waals surface area contributed by atoms with Gasteiger partial charge in [-0.25, -0.2) is 27.6 Å². The van der Waals surface area contributed by atoms with Gasteiger partial charge in [-0.2, -0.15) is 5.10 Å². The van der Waals surface area contributed by atoms with Gasteiger partial charge in [-0.15, -0.1) is 4.36 Å². The van der Waals surface area contributed by atoms with Crippen LogP contribution < -0.4 is 15.2 Å². The average Bonchev–Trinajstić information content (AvgIpc) is 3.41. The van der Waals surface area contributed by atoms with E-state index < -0.39 is 22.1 Å². The fourth-order valence-electron chi connectivity index (χ4n) is 4.85. The van der Waals surface area contributed by atoms with E-state index in [4.69, 9.17) is 9.88 Å². The van der Waals surface area contributed by atoms with Crippen molar-refractivity contribution < 1.29 is 22.5 Å². The number of nitrogens with one attached hydrogen (secondary N) is 1. The van der Waals surface area contributed by atoms with E-state index in [0.29, 0.717) is 53.9 Å². The Bertz CT molecular complexity index is 1260. The lowest BCUT2D eigenvalue weighted by Crippen LogP contribution is -2.33. The SMILES string of the molecule is CC1(C)COc2c([S@](N)(=O)=NC(=O)Nc3c4c(c(F)c5c3C[C@H](F)C5)CCC4)cnn2C1. The molecular weight excluding hydrogens is 440 g/mol. The molecule has 11 heteroatoms. The van der Waals surface area contributed by atoms with E-state index in [1.165, 1.54) is 6.20 Å². The standard InChI is InChI=1S/C21H25F2N5O3S/c1-21(2)9-28-19(31-10-21)16(8-25-28)32(24,30)27-20(29)26-18-13-5-3-4-12(13)17(23)14-6-11(22)7-15(14)18/h8,11H,3-7,9-10H2,1-2H3,(H3,24,26,27,29,30)/t11-,32-/m1/s1. The summed E-state index contributed by atoms with van der Waals surface area (Å²) >= 11 is 0. The topological polar surface area (TPSA) is 112 Å². The van der Waals surface area contributed by atoms with Crippen molar-refractivity contribution in [3.8, 4) is 5.88 Å². The zero-order valence-corrected chi connectivity index (χ0v) is 18.7. The first kappa shape index (κ1) is 21.3. The minimum Gasteiger partial charge on any atom is -0.476 e. The van der Waals surface area contributed by atoms with Gasteiger partial charge in [0.15, 0.2) is 9.92 Å². The molecule has 0 unspecified atom stereocenters. The smallest absolute Gasteiger partial charge is 0.354 e. The summed E-state index contributed by atoms with van der Waals surface area (Å²) in [7, 11) is -3.66. The van der Waals surface area contributed by atoms with Gasteiger partial charge in [0.1, 0.15) is 16.9 Å². The number of nitrogens with zero attached hydrogens (tertiary/aromatic N) is 3. The first-order valence-corrected chi connectivity index (χ1v) is 12.2. The van der Waals surface area contributed by atoms with Crippen LogP contribution in [0.25, 0.3) is 0 Å². The van der Waals surface area contributed by atoms with Crippen LogP contribution in [0.4, 0.5) is 19.3 Å². The molecule has 2 atom stereocenters. The highest BCUT2D eigenvalue weighted by atomic mass is 32.2. The van der Waals surface area contributed by atoms with Gasteiger partial charge in [0.25, 0.3) is 0 Å². The molecule has 1 aliphatic heterocycles. The second-order valence-electron chi connectivity index (χ2n) is 9.48. The fourth-order valence-corrected chi connectivity index (χ4v) is 5.85. The molecule has 5 rings (SSSR count). The van der Waals surface area contributed by atoms with Crippen LogP contribution >= 0.6 is 0 Å². The Hall–Kier alpha value is -2.53. The molecule has 1 aromatic carbocycles. The summed E-state index contributed by atoms with van der Waals surface area (Å²) in [6, 6.07) is -0.932. The number of benzene rings is 1. The maximum absolute atomic E-state index is 14.8. The van der Waals surface area contributed by atoms with Crippen LogP contribution in [0.3, 0.4) is 0 Å². The van der Waals surface area contributed by atoms with Crippen LogP contribution in [0.2, 0.25) is 0 Å². The van der Waals surface area contributed by atoms with E-state index in [9.17, 15) is 17.8 Å². The Balaban J connectivity index is 1.49.